The maximum Gasteiger partial charge on any atom is 0.244 e. The molecule has 1 aromatic rings. The lowest BCUT2D eigenvalue weighted by atomic mass is 10.1. The summed E-state index contributed by atoms with van der Waals surface area (Å²) in [6, 6.07) is 6.61. The predicted molar refractivity (Wildman–Crippen MR) is 103 cm³/mol. The second-order valence-corrected chi connectivity index (χ2v) is 6.70. The van der Waals surface area contributed by atoms with Crippen LogP contribution >= 0.6 is 0 Å². The molecule has 0 aliphatic carbocycles. The fraction of sp³-hybridized carbons (Fsp3) is 0.579. The van der Waals surface area contributed by atoms with Crippen molar-refractivity contribution in [2.45, 2.75) is 25.8 Å². The zero-order valence-corrected chi connectivity index (χ0v) is 16.0. The molecular formula is C19H30FN5O. The third kappa shape index (κ3) is 5.98. The minimum Gasteiger partial charge on any atom is -0.357 e. The van der Waals surface area contributed by atoms with Gasteiger partial charge in [-0.2, -0.15) is 0 Å². The van der Waals surface area contributed by atoms with Crippen LogP contribution in [0.15, 0.2) is 29.3 Å². The minimum atomic E-state index is -0.244. The van der Waals surface area contributed by atoms with Gasteiger partial charge in [0.2, 0.25) is 5.91 Å². The van der Waals surface area contributed by atoms with Crippen LogP contribution in [-0.2, 0) is 4.79 Å². The summed E-state index contributed by atoms with van der Waals surface area (Å²) in [5.41, 5.74) is 0.895. The highest BCUT2D eigenvalue weighted by atomic mass is 19.1. The van der Waals surface area contributed by atoms with Crippen LogP contribution in [0.25, 0.3) is 0 Å². The van der Waals surface area contributed by atoms with Gasteiger partial charge in [-0.05, 0) is 51.6 Å². The molecule has 0 bridgehead atoms. The summed E-state index contributed by atoms with van der Waals surface area (Å²) >= 11 is 0. The third-order valence-electron chi connectivity index (χ3n) is 4.50. The molecule has 1 aliphatic rings. The Morgan fingerprint density at radius 1 is 1.31 bits per heavy atom. The molecule has 26 heavy (non-hydrogen) atoms. The highest BCUT2D eigenvalue weighted by molar-refractivity contribution is 5.85. The van der Waals surface area contributed by atoms with Gasteiger partial charge in [0.1, 0.15) is 12.4 Å². The molecule has 0 aromatic heterocycles. The number of nitrogens with zero attached hydrogens (tertiary/aromatic N) is 3. The standard InChI is InChI=1S/C19H30FN5O/c1-4-21-19(23-14-18(26)25-10-5-6-11-25)22-13-17(24(2)3)15-8-7-9-16(20)12-15/h7-9,12,17H,4-6,10-11,13-14H2,1-3H3,(H2,21,22,23). The lowest BCUT2D eigenvalue weighted by molar-refractivity contribution is -0.128. The molecule has 1 heterocycles. The first kappa shape index (κ1) is 20.2. The van der Waals surface area contributed by atoms with E-state index in [-0.39, 0.29) is 24.3 Å². The number of hydrogen-bond acceptors (Lipinski definition) is 3. The largest absolute Gasteiger partial charge is 0.357 e. The van der Waals surface area contributed by atoms with E-state index in [1.165, 1.54) is 6.07 Å². The quantitative estimate of drug-likeness (QED) is 0.571. The average molecular weight is 363 g/mol. The van der Waals surface area contributed by atoms with E-state index < -0.39 is 0 Å². The van der Waals surface area contributed by atoms with Crippen molar-refractivity contribution in [2.75, 3.05) is 46.8 Å². The van der Waals surface area contributed by atoms with Gasteiger partial charge < -0.3 is 20.4 Å². The number of hydrogen-bond donors (Lipinski definition) is 2. The average Bonchev–Trinajstić information content (AvgIpc) is 3.14. The second-order valence-electron chi connectivity index (χ2n) is 6.70. The molecular weight excluding hydrogens is 333 g/mol. The van der Waals surface area contributed by atoms with Gasteiger partial charge in [0.15, 0.2) is 5.96 Å². The van der Waals surface area contributed by atoms with Crippen molar-refractivity contribution < 1.29 is 9.18 Å². The summed E-state index contributed by atoms with van der Waals surface area (Å²) < 4.78 is 13.6. The van der Waals surface area contributed by atoms with E-state index in [1.807, 2.05) is 36.9 Å². The molecule has 6 nitrogen and oxygen atoms in total. The summed E-state index contributed by atoms with van der Waals surface area (Å²) in [6.45, 7) is 5.05. The highest BCUT2D eigenvalue weighted by Gasteiger charge is 2.18. The number of carbonyl (C=O) groups excluding carboxylic acids is 1. The molecule has 1 aliphatic heterocycles. The Labute approximate surface area is 155 Å². The molecule has 2 N–H and O–H groups in total. The zero-order chi connectivity index (χ0) is 18.9. The van der Waals surface area contributed by atoms with Gasteiger partial charge in [-0.1, -0.05) is 12.1 Å². The molecule has 0 radical (unpaired) electrons. The Bertz CT molecular complexity index is 614. The van der Waals surface area contributed by atoms with Gasteiger partial charge >= 0.3 is 0 Å². The normalized spacial score (nSPS) is 16.0. The molecule has 1 saturated heterocycles. The SMILES string of the molecule is CCNC(=NCC(=O)N1CCCC1)NCC(c1cccc(F)c1)N(C)C. The van der Waals surface area contributed by atoms with E-state index in [2.05, 4.69) is 15.6 Å². The Balaban J connectivity index is 1.98. The van der Waals surface area contributed by atoms with Crippen molar-refractivity contribution in [3.63, 3.8) is 0 Å². The van der Waals surface area contributed by atoms with Crippen molar-refractivity contribution in [3.05, 3.63) is 35.6 Å². The number of carbonyl (C=O) groups is 1. The molecule has 1 unspecified atom stereocenters. The van der Waals surface area contributed by atoms with Gasteiger partial charge in [0.05, 0.1) is 6.04 Å². The monoisotopic (exact) mass is 363 g/mol. The first-order valence-electron chi connectivity index (χ1n) is 9.23. The Hall–Kier alpha value is -2.15. The minimum absolute atomic E-state index is 0.0103. The van der Waals surface area contributed by atoms with Crippen LogP contribution in [-0.4, -0.2) is 68.5 Å². The number of guanidine groups is 1. The van der Waals surface area contributed by atoms with Gasteiger partial charge in [-0.15, -0.1) is 0 Å². The van der Waals surface area contributed by atoms with E-state index in [0.717, 1.165) is 31.5 Å². The van der Waals surface area contributed by atoms with E-state index in [4.69, 9.17) is 0 Å². The number of aliphatic imine (C=N–C) groups is 1. The zero-order valence-electron chi connectivity index (χ0n) is 16.0. The number of amides is 1. The van der Waals surface area contributed by atoms with Crippen LogP contribution in [0.4, 0.5) is 4.39 Å². The highest BCUT2D eigenvalue weighted by Crippen LogP contribution is 2.18. The molecule has 2 rings (SSSR count). The maximum atomic E-state index is 13.6. The second kappa shape index (κ2) is 10.1. The topological polar surface area (TPSA) is 60.0 Å². The number of nitrogens with one attached hydrogen (secondary N) is 2. The van der Waals surface area contributed by atoms with Crippen LogP contribution in [0.5, 0.6) is 0 Å². The summed E-state index contributed by atoms with van der Waals surface area (Å²) in [4.78, 5) is 20.5. The summed E-state index contributed by atoms with van der Waals surface area (Å²) in [5, 5.41) is 6.43. The van der Waals surface area contributed by atoms with Crippen LogP contribution in [0.1, 0.15) is 31.4 Å². The van der Waals surface area contributed by atoms with E-state index in [0.29, 0.717) is 19.0 Å². The molecule has 1 atom stereocenters. The van der Waals surface area contributed by atoms with Crippen LogP contribution < -0.4 is 10.6 Å². The van der Waals surface area contributed by atoms with E-state index >= 15 is 0 Å². The molecule has 1 fully saturated rings. The predicted octanol–water partition coefficient (Wildman–Crippen LogP) is 1.61. The van der Waals surface area contributed by atoms with Crippen LogP contribution in [0.3, 0.4) is 0 Å². The fourth-order valence-electron chi connectivity index (χ4n) is 3.06. The van der Waals surface area contributed by atoms with E-state index in [1.54, 1.807) is 12.1 Å². The van der Waals surface area contributed by atoms with Gasteiger partial charge in [-0.3, -0.25) is 4.79 Å². The van der Waals surface area contributed by atoms with Gasteiger partial charge in [0, 0.05) is 26.2 Å². The molecule has 144 valence electrons. The summed E-state index contributed by atoms with van der Waals surface area (Å²) in [7, 11) is 3.91. The molecule has 1 amide bonds. The lowest BCUT2D eigenvalue weighted by Crippen LogP contribution is -2.42. The maximum absolute atomic E-state index is 13.6. The third-order valence-corrected chi connectivity index (χ3v) is 4.50. The van der Waals surface area contributed by atoms with Crippen molar-refractivity contribution in [1.82, 2.24) is 20.4 Å². The number of likely N-dealkylation sites (N-methyl/N-ethyl adjacent to an activating group) is 1. The number of halogens is 1. The Morgan fingerprint density at radius 3 is 2.65 bits per heavy atom. The van der Waals surface area contributed by atoms with Crippen molar-refractivity contribution in [2.24, 2.45) is 4.99 Å². The first-order chi connectivity index (χ1) is 12.5. The molecule has 1 aromatic carbocycles. The number of benzene rings is 1. The first-order valence-corrected chi connectivity index (χ1v) is 9.23. The number of likely N-dealkylation sites (tertiary alicyclic amines) is 1. The Kier molecular flexibility index (Phi) is 7.84. The van der Waals surface area contributed by atoms with Gasteiger partial charge in [0.25, 0.3) is 0 Å². The van der Waals surface area contributed by atoms with Crippen LogP contribution in [0, 0.1) is 5.82 Å². The Morgan fingerprint density at radius 2 is 2.04 bits per heavy atom. The molecule has 0 saturated carbocycles. The van der Waals surface area contributed by atoms with E-state index in [9.17, 15) is 9.18 Å². The smallest absolute Gasteiger partial charge is 0.244 e. The van der Waals surface area contributed by atoms with Crippen molar-refractivity contribution in [3.8, 4) is 0 Å². The van der Waals surface area contributed by atoms with Crippen molar-refractivity contribution >= 4 is 11.9 Å². The van der Waals surface area contributed by atoms with Gasteiger partial charge in [-0.25, -0.2) is 9.38 Å². The van der Waals surface area contributed by atoms with Crippen LogP contribution in [0.2, 0.25) is 0 Å². The molecule has 7 heteroatoms. The van der Waals surface area contributed by atoms with Crippen molar-refractivity contribution in [1.29, 1.82) is 0 Å². The molecule has 0 spiro atoms. The number of rotatable bonds is 7. The fourth-order valence-corrected chi connectivity index (χ4v) is 3.06. The lowest BCUT2D eigenvalue weighted by Gasteiger charge is -2.26. The summed E-state index contributed by atoms with van der Waals surface area (Å²) in [5.74, 6) is 0.420. The summed E-state index contributed by atoms with van der Waals surface area (Å²) in [6.07, 6.45) is 2.15.